The quantitative estimate of drug-likeness (QED) is 0.508. The van der Waals surface area contributed by atoms with E-state index in [9.17, 15) is 22.4 Å². The lowest BCUT2D eigenvalue weighted by atomic mass is 10.1. The normalized spacial score (nSPS) is 12.1. The third-order valence-electron chi connectivity index (χ3n) is 3.86. The minimum Gasteiger partial charge on any atom is -0.300 e. The van der Waals surface area contributed by atoms with Crippen molar-refractivity contribution in [2.24, 2.45) is 0 Å². The van der Waals surface area contributed by atoms with Gasteiger partial charge < -0.3 is 0 Å². The van der Waals surface area contributed by atoms with E-state index < -0.39 is 28.5 Å². The van der Waals surface area contributed by atoms with Gasteiger partial charge in [-0.2, -0.15) is 13.2 Å². The van der Waals surface area contributed by atoms with Crippen LogP contribution >= 0.6 is 12.2 Å². The van der Waals surface area contributed by atoms with Gasteiger partial charge in [-0.15, -0.1) is 0 Å². The number of fused-ring (bicyclic) bond motifs is 1. The minimum absolute atomic E-state index is 0.0191. The first-order valence-electron chi connectivity index (χ1n) is 7.62. The van der Waals surface area contributed by atoms with Crippen LogP contribution < -0.4 is 5.56 Å². The van der Waals surface area contributed by atoms with Crippen molar-refractivity contribution in [3.8, 4) is 11.3 Å². The van der Waals surface area contributed by atoms with Gasteiger partial charge in [-0.05, 0) is 56.4 Å². The summed E-state index contributed by atoms with van der Waals surface area (Å²) in [5.74, 6) is -0.521. The Morgan fingerprint density at radius 2 is 1.81 bits per heavy atom. The number of nitrogens with one attached hydrogen (secondary N) is 1. The summed E-state index contributed by atoms with van der Waals surface area (Å²) in [6.45, 7) is 3.43. The van der Waals surface area contributed by atoms with Gasteiger partial charge in [0.15, 0.2) is 4.77 Å². The zero-order valence-corrected chi connectivity index (χ0v) is 14.5. The van der Waals surface area contributed by atoms with E-state index in [0.29, 0.717) is 5.56 Å². The molecular weight excluding hydrogens is 370 g/mol. The molecular formula is C17H13F4N3OS. The SMILES string of the molecule is CC(C)n1c(=S)[nH]c(=O)c2c(C(F)(F)F)cc(-c3ccc(F)cc3)nc21. The number of aromatic nitrogens is 3. The number of alkyl halides is 3. The van der Waals surface area contributed by atoms with Crippen molar-refractivity contribution in [3.05, 3.63) is 56.8 Å². The summed E-state index contributed by atoms with van der Waals surface area (Å²) in [7, 11) is 0. The van der Waals surface area contributed by atoms with Crippen molar-refractivity contribution >= 4 is 23.3 Å². The highest BCUT2D eigenvalue weighted by Gasteiger charge is 2.35. The van der Waals surface area contributed by atoms with Crippen LogP contribution in [0, 0.1) is 10.6 Å². The Kier molecular flexibility index (Phi) is 4.43. The van der Waals surface area contributed by atoms with E-state index in [0.717, 1.165) is 18.2 Å². The molecule has 0 atom stereocenters. The molecule has 0 aliphatic heterocycles. The molecule has 4 nitrogen and oxygen atoms in total. The third-order valence-corrected chi connectivity index (χ3v) is 4.16. The van der Waals surface area contributed by atoms with Crippen molar-refractivity contribution in [1.82, 2.24) is 14.5 Å². The van der Waals surface area contributed by atoms with Gasteiger partial charge in [0.25, 0.3) is 5.56 Å². The number of pyridine rings is 1. The Balaban J connectivity index is 2.50. The maximum Gasteiger partial charge on any atom is 0.417 e. The molecule has 0 radical (unpaired) electrons. The molecule has 3 aromatic rings. The van der Waals surface area contributed by atoms with Crippen LogP contribution in [0.5, 0.6) is 0 Å². The second kappa shape index (κ2) is 6.31. The van der Waals surface area contributed by atoms with Crippen LogP contribution in [0.4, 0.5) is 17.6 Å². The number of hydrogen-bond acceptors (Lipinski definition) is 3. The summed E-state index contributed by atoms with van der Waals surface area (Å²) in [5, 5.41) is -0.578. The average Bonchev–Trinajstić information content (AvgIpc) is 2.53. The van der Waals surface area contributed by atoms with E-state index in [1.54, 1.807) is 13.8 Å². The number of halogens is 4. The van der Waals surface area contributed by atoms with Crippen molar-refractivity contribution < 1.29 is 17.6 Å². The first-order chi connectivity index (χ1) is 12.1. The fourth-order valence-corrected chi connectivity index (χ4v) is 3.11. The van der Waals surface area contributed by atoms with Gasteiger partial charge in [0, 0.05) is 11.6 Å². The molecule has 0 fully saturated rings. The Morgan fingerprint density at radius 3 is 2.35 bits per heavy atom. The number of rotatable bonds is 2. The highest BCUT2D eigenvalue weighted by molar-refractivity contribution is 7.71. The summed E-state index contributed by atoms with van der Waals surface area (Å²) in [5.41, 5.74) is -1.97. The third kappa shape index (κ3) is 3.14. The van der Waals surface area contributed by atoms with Crippen molar-refractivity contribution in [2.75, 3.05) is 0 Å². The lowest BCUT2D eigenvalue weighted by Gasteiger charge is -2.18. The lowest BCUT2D eigenvalue weighted by Crippen LogP contribution is -2.21. The van der Waals surface area contributed by atoms with Crippen LogP contribution in [-0.4, -0.2) is 14.5 Å². The summed E-state index contributed by atoms with van der Waals surface area (Å²) < 4.78 is 55.3. The van der Waals surface area contributed by atoms with E-state index in [-0.39, 0.29) is 22.2 Å². The van der Waals surface area contributed by atoms with Crippen LogP contribution in [-0.2, 0) is 6.18 Å². The van der Waals surface area contributed by atoms with Gasteiger partial charge in [0.1, 0.15) is 11.5 Å². The predicted octanol–water partition coefficient (Wildman–Crippen LogP) is 4.86. The molecule has 0 aliphatic rings. The van der Waals surface area contributed by atoms with Crippen molar-refractivity contribution in [1.29, 1.82) is 0 Å². The van der Waals surface area contributed by atoms with Crippen LogP contribution in [0.1, 0.15) is 25.5 Å². The van der Waals surface area contributed by atoms with E-state index in [4.69, 9.17) is 12.2 Å². The maximum absolute atomic E-state index is 13.6. The predicted molar refractivity (Wildman–Crippen MR) is 92.0 cm³/mol. The molecule has 3 rings (SSSR count). The highest BCUT2D eigenvalue weighted by Crippen LogP contribution is 2.36. The minimum atomic E-state index is -4.78. The zero-order valence-electron chi connectivity index (χ0n) is 13.7. The summed E-state index contributed by atoms with van der Waals surface area (Å²) in [6.07, 6.45) is -4.78. The maximum atomic E-state index is 13.6. The monoisotopic (exact) mass is 383 g/mol. The van der Waals surface area contributed by atoms with Gasteiger partial charge >= 0.3 is 6.18 Å². The number of H-pyrrole nitrogens is 1. The molecule has 26 heavy (non-hydrogen) atoms. The molecule has 0 saturated carbocycles. The van der Waals surface area contributed by atoms with Gasteiger partial charge in [-0.3, -0.25) is 14.3 Å². The van der Waals surface area contributed by atoms with Gasteiger partial charge in [-0.25, -0.2) is 9.37 Å². The Hall–Kier alpha value is -2.55. The molecule has 1 aromatic carbocycles. The highest BCUT2D eigenvalue weighted by atomic mass is 32.1. The molecule has 0 unspecified atom stereocenters. The largest absolute Gasteiger partial charge is 0.417 e. The molecule has 9 heteroatoms. The molecule has 1 N–H and O–H groups in total. The number of aromatic amines is 1. The number of hydrogen-bond donors (Lipinski definition) is 1. The molecule has 0 saturated heterocycles. The first-order valence-corrected chi connectivity index (χ1v) is 8.03. The van der Waals surface area contributed by atoms with Gasteiger partial charge in [0.05, 0.1) is 16.6 Å². The number of nitrogens with zero attached hydrogens (tertiary/aromatic N) is 2. The Morgan fingerprint density at radius 1 is 1.19 bits per heavy atom. The first kappa shape index (κ1) is 18.2. The topological polar surface area (TPSA) is 50.7 Å². The van der Waals surface area contributed by atoms with Crippen LogP contribution in [0.3, 0.4) is 0 Å². The van der Waals surface area contributed by atoms with E-state index >= 15 is 0 Å². The Labute approximate surface area is 150 Å². The Bertz CT molecular complexity index is 1100. The summed E-state index contributed by atoms with van der Waals surface area (Å²) in [6, 6.07) is 5.36. The molecule has 2 aromatic heterocycles. The summed E-state index contributed by atoms with van der Waals surface area (Å²) in [4.78, 5) is 18.7. The second-order valence-corrected chi connectivity index (χ2v) is 6.37. The number of benzene rings is 1. The molecule has 0 aliphatic carbocycles. The molecule has 0 amide bonds. The zero-order chi connectivity index (χ0) is 19.2. The molecule has 0 bridgehead atoms. The van der Waals surface area contributed by atoms with Crippen molar-refractivity contribution in [3.63, 3.8) is 0 Å². The van der Waals surface area contributed by atoms with Crippen LogP contribution in [0.25, 0.3) is 22.3 Å². The second-order valence-electron chi connectivity index (χ2n) is 5.98. The van der Waals surface area contributed by atoms with Crippen LogP contribution in [0.2, 0.25) is 0 Å². The van der Waals surface area contributed by atoms with E-state index in [1.807, 2.05) is 0 Å². The molecule has 0 spiro atoms. The summed E-state index contributed by atoms with van der Waals surface area (Å²) >= 11 is 5.09. The molecule has 2 heterocycles. The lowest BCUT2D eigenvalue weighted by molar-refractivity contribution is -0.136. The van der Waals surface area contributed by atoms with E-state index in [1.165, 1.54) is 16.7 Å². The fraction of sp³-hybridized carbons (Fsp3) is 0.235. The van der Waals surface area contributed by atoms with Gasteiger partial charge in [0.2, 0.25) is 0 Å². The fourth-order valence-electron chi connectivity index (χ4n) is 2.72. The van der Waals surface area contributed by atoms with E-state index in [2.05, 4.69) is 9.97 Å². The van der Waals surface area contributed by atoms with Crippen LogP contribution in [0.15, 0.2) is 35.1 Å². The average molecular weight is 383 g/mol. The standard InChI is InChI=1S/C17H13F4N3OS/c1-8(2)24-14-13(15(25)23-16(24)26)11(17(19,20)21)7-12(22-14)9-3-5-10(18)6-4-9/h3-8H,1-2H3,(H,23,25,26). The van der Waals surface area contributed by atoms with Gasteiger partial charge in [-0.1, -0.05) is 0 Å². The molecule has 136 valence electrons. The van der Waals surface area contributed by atoms with Crippen molar-refractivity contribution in [2.45, 2.75) is 26.1 Å². The smallest absolute Gasteiger partial charge is 0.300 e.